The van der Waals surface area contributed by atoms with E-state index in [-0.39, 0.29) is 11.3 Å². The molecule has 0 amide bonds. The van der Waals surface area contributed by atoms with Gasteiger partial charge in [-0.25, -0.2) is 0 Å². The van der Waals surface area contributed by atoms with Crippen molar-refractivity contribution in [3.8, 4) is 0 Å². The molecule has 23 heavy (non-hydrogen) atoms. The maximum absolute atomic E-state index is 11.7. The van der Waals surface area contributed by atoms with Crippen LogP contribution in [0.4, 0.5) is 0 Å². The van der Waals surface area contributed by atoms with Crippen molar-refractivity contribution in [1.29, 1.82) is 0 Å². The fourth-order valence-electron chi connectivity index (χ4n) is 7.09. The zero-order valence-electron chi connectivity index (χ0n) is 14.6. The Morgan fingerprint density at radius 1 is 1.17 bits per heavy atom. The van der Waals surface area contributed by atoms with Crippen molar-refractivity contribution in [3.63, 3.8) is 0 Å². The van der Waals surface area contributed by atoms with Gasteiger partial charge in [-0.3, -0.25) is 4.79 Å². The first-order valence-electron chi connectivity index (χ1n) is 9.54. The van der Waals surface area contributed by atoms with Crippen LogP contribution in [0.1, 0.15) is 65.2 Å². The second kappa shape index (κ2) is 5.08. The Bertz CT molecular complexity index is 556. The van der Waals surface area contributed by atoms with Crippen LogP contribution < -0.4 is 5.73 Å². The molecule has 0 saturated heterocycles. The van der Waals surface area contributed by atoms with Crippen molar-refractivity contribution in [2.75, 3.05) is 0 Å². The minimum absolute atomic E-state index is 0.0276. The molecular formula is C20H31NO2. The molecular weight excluding hydrogens is 286 g/mol. The van der Waals surface area contributed by atoms with E-state index in [1.807, 2.05) is 0 Å². The molecule has 0 spiro atoms. The number of hydrogen-bond acceptors (Lipinski definition) is 2. The van der Waals surface area contributed by atoms with Gasteiger partial charge >= 0.3 is 5.97 Å². The largest absolute Gasteiger partial charge is 0.481 e. The number of carboxylic acid groups (broad SMARTS) is 1. The van der Waals surface area contributed by atoms with E-state index in [0.717, 1.165) is 44.4 Å². The van der Waals surface area contributed by atoms with Crippen molar-refractivity contribution in [2.24, 2.45) is 40.2 Å². The molecule has 0 heterocycles. The number of hydrogen-bond donors (Lipinski definition) is 2. The van der Waals surface area contributed by atoms with Gasteiger partial charge in [0.25, 0.3) is 0 Å². The summed E-state index contributed by atoms with van der Waals surface area (Å²) < 4.78 is 0. The molecule has 3 N–H and O–H groups in total. The third-order valence-electron chi connectivity index (χ3n) is 8.44. The normalized spacial score (nSPS) is 52.1. The summed E-state index contributed by atoms with van der Waals surface area (Å²) in [6, 6.07) is 0.350. The van der Waals surface area contributed by atoms with Crippen LogP contribution in [0.25, 0.3) is 0 Å². The molecule has 4 rings (SSSR count). The van der Waals surface area contributed by atoms with E-state index in [2.05, 4.69) is 19.9 Å². The monoisotopic (exact) mass is 317 g/mol. The van der Waals surface area contributed by atoms with Gasteiger partial charge in [-0.05, 0) is 80.0 Å². The van der Waals surface area contributed by atoms with Crippen LogP contribution in [0.5, 0.6) is 0 Å². The van der Waals surface area contributed by atoms with E-state index in [1.54, 1.807) is 5.57 Å². The highest BCUT2D eigenvalue weighted by Gasteiger charge is 2.59. The first-order chi connectivity index (χ1) is 10.9. The molecule has 3 nitrogen and oxygen atoms in total. The molecule has 0 aromatic carbocycles. The number of nitrogens with two attached hydrogens (primary N) is 1. The fourth-order valence-corrected chi connectivity index (χ4v) is 7.09. The molecule has 3 fully saturated rings. The molecule has 0 aliphatic heterocycles. The van der Waals surface area contributed by atoms with E-state index < -0.39 is 5.97 Å². The summed E-state index contributed by atoms with van der Waals surface area (Å²) >= 11 is 0. The Labute approximate surface area is 139 Å². The maximum Gasteiger partial charge on any atom is 0.307 e. The Morgan fingerprint density at radius 2 is 1.96 bits per heavy atom. The van der Waals surface area contributed by atoms with Crippen LogP contribution in [0, 0.1) is 34.5 Å². The van der Waals surface area contributed by atoms with Gasteiger partial charge in [-0.15, -0.1) is 0 Å². The van der Waals surface area contributed by atoms with Gasteiger partial charge in [0.1, 0.15) is 0 Å². The van der Waals surface area contributed by atoms with Gasteiger partial charge in [0.15, 0.2) is 0 Å². The average molecular weight is 317 g/mol. The number of fused-ring (bicyclic) bond motifs is 5. The van der Waals surface area contributed by atoms with Gasteiger partial charge in [-0.2, -0.15) is 0 Å². The Kier molecular flexibility index (Phi) is 3.46. The minimum atomic E-state index is -0.560. The van der Waals surface area contributed by atoms with Crippen molar-refractivity contribution < 1.29 is 9.90 Å². The topological polar surface area (TPSA) is 63.3 Å². The third kappa shape index (κ3) is 2.08. The molecule has 0 unspecified atom stereocenters. The highest BCUT2D eigenvalue weighted by molar-refractivity contribution is 5.71. The lowest BCUT2D eigenvalue weighted by atomic mass is 9.47. The zero-order valence-corrected chi connectivity index (χ0v) is 14.6. The van der Waals surface area contributed by atoms with E-state index in [4.69, 9.17) is 5.73 Å². The molecule has 3 saturated carbocycles. The predicted octanol–water partition coefficient (Wildman–Crippen LogP) is 3.98. The molecule has 128 valence electrons. The number of rotatable bonds is 1. The summed E-state index contributed by atoms with van der Waals surface area (Å²) in [4.78, 5) is 11.7. The summed E-state index contributed by atoms with van der Waals surface area (Å²) in [5, 5.41) is 9.65. The lowest BCUT2D eigenvalue weighted by Crippen LogP contribution is -2.51. The SMILES string of the molecule is C[C@]12CC[C@H]3[C@@H](CC=C4C[C@@H](N)CC[C@@]43C)[C@@H]1CC[C@@H]2C(=O)O. The van der Waals surface area contributed by atoms with E-state index >= 15 is 0 Å². The first-order valence-corrected chi connectivity index (χ1v) is 9.54. The van der Waals surface area contributed by atoms with Crippen LogP contribution >= 0.6 is 0 Å². The number of allylic oxidation sites excluding steroid dienone is 1. The standard InChI is InChI=1S/C20H31NO2/c1-19-9-7-13(21)11-12(19)3-4-14-15-5-6-17(18(22)23)20(15,2)10-8-16(14)19/h3,13-17H,4-11,21H2,1-2H3,(H,22,23)/t13-,14-,15-,16-,17+,19-,20-/m0/s1. The number of aliphatic carboxylic acids is 1. The summed E-state index contributed by atoms with van der Waals surface area (Å²) in [7, 11) is 0. The van der Waals surface area contributed by atoms with Gasteiger partial charge in [0.05, 0.1) is 5.92 Å². The Morgan fingerprint density at radius 3 is 2.70 bits per heavy atom. The third-order valence-corrected chi connectivity index (χ3v) is 8.44. The number of carboxylic acids is 1. The smallest absolute Gasteiger partial charge is 0.307 e. The van der Waals surface area contributed by atoms with E-state index in [9.17, 15) is 9.90 Å². The Balaban J connectivity index is 1.66. The first kappa shape index (κ1) is 15.7. The Hall–Kier alpha value is -0.830. The summed E-state index contributed by atoms with van der Waals surface area (Å²) in [5.74, 6) is 1.37. The van der Waals surface area contributed by atoms with Crippen LogP contribution in [-0.4, -0.2) is 17.1 Å². The highest BCUT2D eigenvalue weighted by Crippen LogP contribution is 2.66. The van der Waals surface area contributed by atoms with Crippen LogP contribution in [0.15, 0.2) is 11.6 Å². The zero-order chi connectivity index (χ0) is 16.4. The summed E-state index contributed by atoms with van der Waals surface area (Å²) in [6.45, 7) is 4.76. The molecule has 4 aliphatic rings. The maximum atomic E-state index is 11.7. The fraction of sp³-hybridized carbons (Fsp3) is 0.850. The summed E-state index contributed by atoms with van der Waals surface area (Å²) in [5.41, 5.74) is 8.20. The lowest BCUT2D eigenvalue weighted by Gasteiger charge is -2.57. The molecule has 7 atom stereocenters. The van der Waals surface area contributed by atoms with Gasteiger partial charge < -0.3 is 10.8 Å². The molecule has 4 aliphatic carbocycles. The second-order valence-corrected chi connectivity index (χ2v) is 9.27. The quantitative estimate of drug-likeness (QED) is 0.719. The van der Waals surface area contributed by atoms with Gasteiger partial charge in [-0.1, -0.05) is 25.5 Å². The predicted molar refractivity (Wildman–Crippen MR) is 90.8 cm³/mol. The minimum Gasteiger partial charge on any atom is -0.481 e. The lowest BCUT2D eigenvalue weighted by molar-refractivity contribution is -0.148. The average Bonchev–Trinajstić information content (AvgIpc) is 2.85. The molecule has 0 aromatic heterocycles. The van der Waals surface area contributed by atoms with E-state index in [1.165, 1.54) is 12.8 Å². The van der Waals surface area contributed by atoms with Crippen molar-refractivity contribution in [3.05, 3.63) is 11.6 Å². The van der Waals surface area contributed by atoms with Crippen molar-refractivity contribution in [2.45, 2.75) is 71.3 Å². The number of carbonyl (C=O) groups is 1. The molecule has 0 radical (unpaired) electrons. The van der Waals surface area contributed by atoms with Crippen LogP contribution in [0.3, 0.4) is 0 Å². The highest BCUT2D eigenvalue weighted by atomic mass is 16.4. The van der Waals surface area contributed by atoms with Crippen LogP contribution in [-0.2, 0) is 4.79 Å². The van der Waals surface area contributed by atoms with Crippen molar-refractivity contribution >= 4 is 5.97 Å². The van der Waals surface area contributed by atoms with E-state index in [0.29, 0.717) is 23.3 Å². The van der Waals surface area contributed by atoms with Crippen LogP contribution in [0.2, 0.25) is 0 Å². The van der Waals surface area contributed by atoms with Gasteiger partial charge in [0, 0.05) is 6.04 Å². The van der Waals surface area contributed by atoms with Crippen molar-refractivity contribution in [1.82, 2.24) is 0 Å². The molecule has 0 bridgehead atoms. The van der Waals surface area contributed by atoms with Gasteiger partial charge in [0.2, 0.25) is 0 Å². The second-order valence-electron chi connectivity index (χ2n) is 9.27. The molecule has 3 heteroatoms. The molecule has 0 aromatic rings. The summed E-state index contributed by atoms with van der Waals surface area (Å²) in [6.07, 6.45) is 11.4.